The van der Waals surface area contributed by atoms with Gasteiger partial charge in [-0.15, -0.1) is 0 Å². The lowest BCUT2D eigenvalue weighted by Crippen LogP contribution is -2.35. The van der Waals surface area contributed by atoms with Gasteiger partial charge in [0.15, 0.2) is 5.75 Å². The maximum atomic E-state index is 11.7. The van der Waals surface area contributed by atoms with E-state index in [9.17, 15) is 9.59 Å². The molecule has 192 valence electrons. The zero-order valence-corrected chi connectivity index (χ0v) is 21.1. The molecular formula is C27H30N6O4. The van der Waals surface area contributed by atoms with Crippen molar-refractivity contribution >= 4 is 34.8 Å². The van der Waals surface area contributed by atoms with E-state index >= 15 is 0 Å². The van der Waals surface area contributed by atoms with Crippen LogP contribution in [0.25, 0.3) is 0 Å². The van der Waals surface area contributed by atoms with Gasteiger partial charge in [-0.2, -0.15) is 4.98 Å². The van der Waals surface area contributed by atoms with Gasteiger partial charge >= 0.3 is 0 Å². The van der Waals surface area contributed by atoms with Crippen molar-refractivity contribution in [3.05, 3.63) is 67.4 Å². The molecule has 2 heterocycles. The molecule has 0 bridgehead atoms. The Morgan fingerprint density at radius 1 is 1.19 bits per heavy atom. The lowest BCUT2D eigenvalue weighted by atomic mass is 10.2. The van der Waals surface area contributed by atoms with Gasteiger partial charge < -0.3 is 29.9 Å². The van der Waals surface area contributed by atoms with Crippen molar-refractivity contribution in [2.75, 3.05) is 42.8 Å². The number of anilines is 4. The molecule has 10 heteroatoms. The molecule has 2 aromatic carbocycles. The molecule has 37 heavy (non-hydrogen) atoms. The zero-order valence-electron chi connectivity index (χ0n) is 21.1. The van der Waals surface area contributed by atoms with Crippen molar-refractivity contribution in [3.8, 4) is 17.4 Å². The molecule has 1 aliphatic rings. The average molecular weight is 503 g/mol. The van der Waals surface area contributed by atoms with Gasteiger partial charge in [-0.3, -0.25) is 9.59 Å². The Hall–Kier alpha value is -4.60. The van der Waals surface area contributed by atoms with Crippen molar-refractivity contribution in [3.63, 3.8) is 0 Å². The number of nitrogens with one attached hydrogen (secondary N) is 2. The SMILES string of the molecule is C=CC(=O)Nc1cccc(Oc2nc(Nc3ccc(N(C)C4CCN(C(C)=O)C4)cc3)ncc2OC)c1. The van der Waals surface area contributed by atoms with E-state index in [2.05, 4.69) is 32.1 Å². The van der Waals surface area contributed by atoms with Crippen LogP contribution in [0.4, 0.5) is 23.0 Å². The van der Waals surface area contributed by atoms with Crippen LogP contribution in [0.3, 0.4) is 0 Å². The highest BCUT2D eigenvalue weighted by atomic mass is 16.5. The molecule has 1 fully saturated rings. The van der Waals surface area contributed by atoms with E-state index in [0.717, 1.165) is 30.9 Å². The number of nitrogens with zero attached hydrogens (tertiary/aromatic N) is 4. The molecule has 10 nitrogen and oxygen atoms in total. The summed E-state index contributed by atoms with van der Waals surface area (Å²) in [5.41, 5.74) is 2.42. The minimum absolute atomic E-state index is 0.116. The highest BCUT2D eigenvalue weighted by molar-refractivity contribution is 5.98. The summed E-state index contributed by atoms with van der Waals surface area (Å²) >= 11 is 0. The van der Waals surface area contributed by atoms with E-state index in [0.29, 0.717) is 23.1 Å². The number of amides is 2. The Morgan fingerprint density at radius 3 is 2.65 bits per heavy atom. The summed E-state index contributed by atoms with van der Waals surface area (Å²) < 4.78 is 11.3. The van der Waals surface area contributed by atoms with Crippen LogP contribution in [-0.4, -0.2) is 60.0 Å². The molecule has 0 radical (unpaired) electrons. The van der Waals surface area contributed by atoms with Gasteiger partial charge in [0.05, 0.1) is 13.3 Å². The molecule has 0 aliphatic carbocycles. The van der Waals surface area contributed by atoms with Gasteiger partial charge in [0.1, 0.15) is 5.75 Å². The molecule has 1 aromatic heterocycles. The van der Waals surface area contributed by atoms with E-state index < -0.39 is 0 Å². The summed E-state index contributed by atoms with van der Waals surface area (Å²) in [6, 6.07) is 15.1. The van der Waals surface area contributed by atoms with Crippen molar-refractivity contribution < 1.29 is 19.1 Å². The smallest absolute Gasteiger partial charge is 0.267 e. The molecule has 4 rings (SSSR count). The van der Waals surface area contributed by atoms with Gasteiger partial charge in [-0.25, -0.2) is 4.98 Å². The fourth-order valence-corrected chi connectivity index (χ4v) is 4.03. The molecule has 1 unspecified atom stereocenters. The summed E-state index contributed by atoms with van der Waals surface area (Å²) in [4.78, 5) is 36.1. The summed E-state index contributed by atoms with van der Waals surface area (Å²) in [6.07, 6.45) is 3.67. The van der Waals surface area contributed by atoms with Crippen molar-refractivity contribution in [2.24, 2.45) is 0 Å². The summed E-state index contributed by atoms with van der Waals surface area (Å²) in [5, 5.41) is 5.88. The molecule has 0 spiro atoms. The van der Waals surface area contributed by atoms with Crippen LogP contribution in [0.2, 0.25) is 0 Å². The number of likely N-dealkylation sites (N-methyl/N-ethyl adjacent to an activating group) is 1. The van der Waals surface area contributed by atoms with Crippen LogP contribution in [-0.2, 0) is 9.59 Å². The fourth-order valence-electron chi connectivity index (χ4n) is 4.03. The summed E-state index contributed by atoms with van der Waals surface area (Å²) in [7, 11) is 3.55. The van der Waals surface area contributed by atoms with Crippen LogP contribution >= 0.6 is 0 Å². The first kappa shape index (κ1) is 25.5. The minimum atomic E-state index is -0.318. The first-order valence-electron chi connectivity index (χ1n) is 11.8. The largest absolute Gasteiger partial charge is 0.490 e. The van der Waals surface area contributed by atoms with E-state index in [1.54, 1.807) is 31.2 Å². The number of methoxy groups -OCH3 is 1. The van der Waals surface area contributed by atoms with Crippen molar-refractivity contribution in [2.45, 2.75) is 19.4 Å². The molecule has 0 saturated carbocycles. The number of hydrogen-bond donors (Lipinski definition) is 2. The predicted molar refractivity (Wildman–Crippen MR) is 143 cm³/mol. The number of rotatable bonds is 9. The molecule has 2 amide bonds. The molecule has 2 N–H and O–H groups in total. The van der Waals surface area contributed by atoms with Crippen LogP contribution in [0, 0.1) is 0 Å². The van der Waals surface area contributed by atoms with E-state index in [-0.39, 0.29) is 23.7 Å². The predicted octanol–water partition coefficient (Wildman–Crippen LogP) is 4.20. The molecule has 1 aliphatic heterocycles. The number of benzene rings is 2. The monoisotopic (exact) mass is 502 g/mol. The molecule has 3 aromatic rings. The normalized spacial score (nSPS) is 14.6. The summed E-state index contributed by atoms with van der Waals surface area (Å²) in [5.74, 6) is 1.18. The molecule has 1 atom stereocenters. The lowest BCUT2D eigenvalue weighted by Gasteiger charge is -2.27. The quantitative estimate of drug-likeness (QED) is 0.419. The van der Waals surface area contributed by atoms with Crippen LogP contribution in [0.5, 0.6) is 17.4 Å². The summed E-state index contributed by atoms with van der Waals surface area (Å²) in [6.45, 7) is 6.59. The van der Waals surface area contributed by atoms with E-state index in [4.69, 9.17) is 9.47 Å². The average Bonchev–Trinajstić information content (AvgIpc) is 3.40. The maximum Gasteiger partial charge on any atom is 0.267 e. The Kier molecular flexibility index (Phi) is 7.87. The standard InChI is InChI=1S/C27H30N6O4/c1-5-25(35)29-20-7-6-8-23(15-20)37-26-24(36-4)16-28-27(31-26)30-19-9-11-21(12-10-19)32(3)22-13-14-33(17-22)18(2)34/h5-12,15-16,22H,1,13-14,17H2,2-4H3,(H,29,35)(H,28,30,31). The highest BCUT2D eigenvalue weighted by Gasteiger charge is 2.27. The van der Waals surface area contributed by atoms with Gasteiger partial charge in [-0.05, 0) is 48.9 Å². The first-order chi connectivity index (χ1) is 17.9. The second-order valence-electron chi connectivity index (χ2n) is 8.58. The number of ether oxygens (including phenoxy) is 2. The second kappa shape index (κ2) is 11.4. The third kappa shape index (κ3) is 6.35. The minimum Gasteiger partial charge on any atom is -0.490 e. The van der Waals surface area contributed by atoms with Crippen LogP contribution in [0.1, 0.15) is 13.3 Å². The van der Waals surface area contributed by atoms with Gasteiger partial charge in [0.2, 0.25) is 17.8 Å². The Bertz CT molecular complexity index is 1280. The lowest BCUT2D eigenvalue weighted by molar-refractivity contribution is -0.127. The Labute approximate surface area is 215 Å². The highest BCUT2D eigenvalue weighted by Crippen LogP contribution is 2.32. The Morgan fingerprint density at radius 2 is 1.97 bits per heavy atom. The fraction of sp³-hybridized carbons (Fsp3) is 0.259. The number of likely N-dealkylation sites (tertiary alicyclic amines) is 1. The number of carbonyl (C=O) groups excluding carboxylic acids is 2. The molecule has 1 saturated heterocycles. The Balaban J connectivity index is 1.45. The van der Waals surface area contributed by atoms with E-state index in [1.165, 1.54) is 19.4 Å². The maximum absolute atomic E-state index is 11.7. The second-order valence-corrected chi connectivity index (χ2v) is 8.58. The number of aromatic nitrogens is 2. The third-order valence-corrected chi connectivity index (χ3v) is 6.13. The third-order valence-electron chi connectivity index (χ3n) is 6.13. The first-order valence-corrected chi connectivity index (χ1v) is 11.8. The van der Waals surface area contributed by atoms with Gasteiger partial charge in [0, 0.05) is 56.2 Å². The number of carbonyl (C=O) groups is 2. The number of hydrogen-bond acceptors (Lipinski definition) is 8. The molecular weight excluding hydrogens is 472 g/mol. The van der Waals surface area contributed by atoms with Crippen LogP contribution in [0.15, 0.2) is 67.4 Å². The van der Waals surface area contributed by atoms with Crippen LogP contribution < -0.4 is 25.0 Å². The topological polar surface area (TPSA) is 109 Å². The van der Waals surface area contributed by atoms with E-state index in [1.807, 2.05) is 36.2 Å². The van der Waals surface area contributed by atoms with Crippen molar-refractivity contribution in [1.82, 2.24) is 14.9 Å². The van der Waals surface area contributed by atoms with Crippen molar-refractivity contribution in [1.29, 1.82) is 0 Å². The van der Waals surface area contributed by atoms with Gasteiger partial charge in [-0.1, -0.05) is 12.6 Å². The zero-order chi connectivity index (χ0) is 26.4. The van der Waals surface area contributed by atoms with Gasteiger partial charge in [0.25, 0.3) is 5.88 Å².